The van der Waals surface area contributed by atoms with Crippen LogP contribution in [0.2, 0.25) is 0 Å². The maximum atomic E-state index is 11.9. The van der Waals surface area contributed by atoms with Crippen molar-refractivity contribution >= 4 is 11.9 Å². The van der Waals surface area contributed by atoms with Crippen molar-refractivity contribution in [1.29, 1.82) is 0 Å². The second-order valence-corrected chi connectivity index (χ2v) is 5.24. The second kappa shape index (κ2) is 6.43. The number of nitrogens with one attached hydrogen (secondary N) is 1. The van der Waals surface area contributed by atoms with Gasteiger partial charge in [-0.1, -0.05) is 19.8 Å². The van der Waals surface area contributed by atoms with Gasteiger partial charge in [-0.25, -0.2) is 4.79 Å². The summed E-state index contributed by atoms with van der Waals surface area (Å²) in [7, 11) is 0. The molecular weight excluding hydrogens is 279 g/mol. The van der Waals surface area contributed by atoms with E-state index in [2.05, 4.69) is 10.1 Å². The fraction of sp³-hybridized carbons (Fsp3) is 0.833. The Labute approximate surface area is 114 Å². The van der Waals surface area contributed by atoms with Crippen molar-refractivity contribution in [2.24, 2.45) is 5.92 Å². The SMILES string of the molecule is CC1CCCC(NC(=O)COCC(F)(F)F)(C(=O)O)C1. The first-order valence-corrected chi connectivity index (χ1v) is 6.33. The lowest BCUT2D eigenvalue weighted by atomic mass is 9.76. The van der Waals surface area contributed by atoms with Crippen LogP contribution in [0.15, 0.2) is 0 Å². The van der Waals surface area contributed by atoms with Gasteiger partial charge in [0, 0.05) is 0 Å². The molecule has 0 aromatic heterocycles. The molecule has 0 bridgehead atoms. The summed E-state index contributed by atoms with van der Waals surface area (Å²) < 4.78 is 39.8. The molecule has 2 atom stereocenters. The third-order valence-corrected chi connectivity index (χ3v) is 3.28. The van der Waals surface area contributed by atoms with Gasteiger partial charge in [0.25, 0.3) is 0 Å². The normalized spacial score (nSPS) is 27.1. The molecule has 5 nitrogen and oxygen atoms in total. The number of hydrogen-bond acceptors (Lipinski definition) is 3. The predicted octanol–water partition coefficient (Wildman–Crippen LogP) is 1.71. The Morgan fingerprint density at radius 1 is 1.45 bits per heavy atom. The quantitative estimate of drug-likeness (QED) is 0.810. The summed E-state index contributed by atoms with van der Waals surface area (Å²) in [5.41, 5.74) is -1.39. The molecule has 1 saturated carbocycles. The molecule has 1 fully saturated rings. The summed E-state index contributed by atoms with van der Waals surface area (Å²) in [6.45, 7) is -0.455. The van der Waals surface area contributed by atoms with E-state index < -0.39 is 36.8 Å². The average Bonchev–Trinajstić information content (AvgIpc) is 2.26. The van der Waals surface area contributed by atoms with Crippen molar-refractivity contribution in [3.8, 4) is 0 Å². The van der Waals surface area contributed by atoms with Gasteiger partial charge in [0.1, 0.15) is 18.8 Å². The Hall–Kier alpha value is -1.31. The van der Waals surface area contributed by atoms with Crippen LogP contribution in [0.1, 0.15) is 32.6 Å². The van der Waals surface area contributed by atoms with Gasteiger partial charge in [0.15, 0.2) is 0 Å². The zero-order valence-electron chi connectivity index (χ0n) is 11.1. The number of hydrogen-bond donors (Lipinski definition) is 2. The number of halogens is 3. The third kappa shape index (κ3) is 4.99. The molecule has 20 heavy (non-hydrogen) atoms. The summed E-state index contributed by atoms with van der Waals surface area (Å²) in [5.74, 6) is -1.87. The molecule has 0 saturated heterocycles. The molecule has 0 spiro atoms. The molecule has 2 unspecified atom stereocenters. The van der Waals surface area contributed by atoms with E-state index in [0.29, 0.717) is 6.42 Å². The lowest BCUT2D eigenvalue weighted by molar-refractivity contribution is -0.176. The minimum atomic E-state index is -4.51. The van der Waals surface area contributed by atoms with Crippen LogP contribution in [0.3, 0.4) is 0 Å². The van der Waals surface area contributed by atoms with Crippen molar-refractivity contribution in [2.45, 2.75) is 44.3 Å². The predicted molar refractivity (Wildman–Crippen MR) is 63.0 cm³/mol. The summed E-state index contributed by atoms with van der Waals surface area (Å²) in [4.78, 5) is 22.9. The van der Waals surface area contributed by atoms with Gasteiger partial charge in [0.2, 0.25) is 5.91 Å². The maximum Gasteiger partial charge on any atom is 0.411 e. The molecule has 0 aromatic rings. The van der Waals surface area contributed by atoms with Gasteiger partial charge in [-0.3, -0.25) is 4.79 Å². The molecule has 0 radical (unpaired) electrons. The molecule has 1 aliphatic carbocycles. The standard InChI is InChI=1S/C12H18F3NO4/c1-8-3-2-4-11(5-8,10(18)19)16-9(17)6-20-7-12(13,14)15/h8H,2-7H2,1H3,(H,16,17)(H,18,19). The first kappa shape index (κ1) is 16.7. The highest BCUT2D eigenvalue weighted by atomic mass is 19.4. The summed E-state index contributed by atoms with van der Waals surface area (Å²) in [6.07, 6.45) is -2.44. The Morgan fingerprint density at radius 3 is 2.60 bits per heavy atom. The Bertz CT molecular complexity index is 372. The van der Waals surface area contributed by atoms with Crippen LogP contribution in [0.5, 0.6) is 0 Å². The molecule has 1 aliphatic rings. The van der Waals surface area contributed by atoms with Gasteiger partial charge >= 0.3 is 12.1 Å². The van der Waals surface area contributed by atoms with Crippen molar-refractivity contribution < 1.29 is 32.6 Å². The molecule has 0 aliphatic heterocycles. The van der Waals surface area contributed by atoms with E-state index in [4.69, 9.17) is 0 Å². The molecule has 8 heteroatoms. The number of rotatable bonds is 5. The smallest absolute Gasteiger partial charge is 0.411 e. The van der Waals surface area contributed by atoms with Crippen LogP contribution in [0, 0.1) is 5.92 Å². The fourth-order valence-electron chi connectivity index (χ4n) is 2.47. The number of carboxylic acids is 1. The van der Waals surface area contributed by atoms with E-state index in [9.17, 15) is 27.9 Å². The molecule has 1 amide bonds. The zero-order valence-corrected chi connectivity index (χ0v) is 11.1. The van der Waals surface area contributed by atoms with E-state index >= 15 is 0 Å². The topological polar surface area (TPSA) is 75.6 Å². The number of amides is 1. The van der Waals surface area contributed by atoms with Gasteiger partial charge in [-0.05, 0) is 18.8 Å². The van der Waals surface area contributed by atoms with Gasteiger partial charge in [0.05, 0.1) is 0 Å². The minimum Gasteiger partial charge on any atom is -0.480 e. The lowest BCUT2D eigenvalue weighted by Gasteiger charge is -2.37. The monoisotopic (exact) mass is 297 g/mol. The fourth-order valence-corrected chi connectivity index (χ4v) is 2.47. The third-order valence-electron chi connectivity index (χ3n) is 3.28. The Balaban J connectivity index is 2.54. The van der Waals surface area contributed by atoms with E-state index in [1.807, 2.05) is 6.92 Å². The second-order valence-electron chi connectivity index (χ2n) is 5.24. The minimum absolute atomic E-state index is 0.135. The molecule has 1 rings (SSSR count). The van der Waals surface area contributed by atoms with Crippen molar-refractivity contribution in [3.63, 3.8) is 0 Å². The number of ether oxygens (including phenoxy) is 1. The highest BCUT2D eigenvalue weighted by Gasteiger charge is 2.43. The van der Waals surface area contributed by atoms with Crippen LogP contribution in [0.4, 0.5) is 13.2 Å². The number of carbonyl (C=O) groups excluding carboxylic acids is 1. The van der Waals surface area contributed by atoms with E-state index in [1.54, 1.807) is 0 Å². The van der Waals surface area contributed by atoms with Gasteiger partial charge < -0.3 is 15.2 Å². The number of alkyl halides is 3. The van der Waals surface area contributed by atoms with E-state index in [0.717, 1.165) is 6.42 Å². The highest BCUT2D eigenvalue weighted by molar-refractivity contribution is 5.87. The molecule has 116 valence electrons. The first-order valence-electron chi connectivity index (χ1n) is 6.33. The summed E-state index contributed by atoms with van der Waals surface area (Å²) in [5, 5.41) is 11.6. The van der Waals surface area contributed by atoms with Crippen molar-refractivity contribution in [1.82, 2.24) is 5.32 Å². The first-order chi connectivity index (χ1) is 9.15. The maximum absolute atomic E-state index is 11.9. The van der Waals surface area contributed by atoms with E-state index in [1.165, 1.54) is 0 Å². The number of carboxylic acid groups (broad SMARTS) is 1. The number of aliphatic carboxylic acids is 1. The number of carbonyl (C=O) groups is 2. The van der Waals surface area contributed by atoms with Crippen LogP contribution in [-0.4, -0.2) is 41.9 Å². The van der Waals surface area contributed by atoms with Crippen molar-refractivity contribution in [2.75, 3.05) is 13.2 Å². The van der Waals surface area contributed by atoms with Crippen LogP contribution in [-0.2, 0) is 14.3 Å². The van der Waals surface area contributed by atoms with Crippen molar-refractivity contribution in [3.05, 3.63) is 0 Å². The van der Waals surface area contributed by atoms with Crippen LogP contribution >= 0.6 is 0 Å². The zero-order chi connectivity index (χ0) is 15.4. The largest absolute Gasteiger partial charge is 0.480 e. The van der Waals surface area contributed by atoms with Crippen LogP contribution in [0.25, 0.3) is 0 Å². The molecule has 0 aromatic carbocycles. The lowest BCUT2D eigenvalue weighted by Crippen LogP contribution is -2.57. The van der Waals surface area contributed by atoms with Gasteiger partial charge in [-0.15, -0.1) is 0 Å². The highest BCUT2D eigenvalue weighted by Crippen LogP contribution is 2.32. The van der Waals surface area contributed by atoms with Crippen LogP contribution < -0.4 is 5.32 Å². The molecule has 0 heterocycles. The summed E-state index contributed by atoms with van der Waals surface area (Å²) >= 11 is 0. The summed E-state index contributed by atoms with van der Waals surface area (Å²) in [6, 6.07) is 0. The van der Waals surface area contributed by atoms with E-state index in [-0.39, 0.29) is 18.8 Å². The average molecular weight is 297 g/mol. The Kier molecular flexibility index (Phi) is 5.38. The van der Waals surface area contributed by atoms with Gasteiger partial charge in [-0.2, -0.15) is 13.2 Å². The Morgan fingerprint density at radius 2 is 2.10 bits per heavy atom. The molecular formula is C12H18F3NO4. The molecule has 2 N–H and O–H groups in total.